The summed E-state index contributed by atoms with van der Waals surface area (Å²) in [6.45, 7) is 6.41. The van der Waals surface area contributed by atoms with Gasteiger partial charge in [0.25, 0.3) is 0 Å². The van der Waals surface area contributed by atoms with Gasteiger partial charge in [0.1, 0.15) is 5.75 Å². The van der Waals surface area contributed by atoms with Crippen LogP contribution in [0.2, 0.25) is 10.0 Å². The molecule has 1 aromatic carbocycles. The van der Waals surface area contributed by atoms with Crippen molar-refractivity contribution >= 4 is 23.2 Å². The minimum Gasteiger partial charge on any atom is -0.506 e. The summed E-state index contributed by atoms with van der Waals surface area (Å²) in [5, 5.41) is 10.9. The molecule has 0 spiro atoms. The van der Waals surface area contributed by atoms with E-state index in [-0.39, 0.29) is 5.75 Å². The van der Waals surface area contributed by atoms with Crippen molar-refractivity contribution in [3.05, 3.63) is 27.7 Å². The first kappa shape index (κ1) is 17.6. The Bertz CT molecular complexity index is 423. The molecule has 0 aliphatic carbocycles. The summed E-state index contributed by atoms with van der Waals surface area (Å²) < 4.78 is 5.17. The van der Waals surface area contributed by atoms with Crippen molar-refractivity contribution in [1.82, 2.24) is 4.90 Å². The van der Waals surface area contributed by atoms with E-state index < -0.39 is 0 Å². The van der Waals surface area contributed by atoms with E-state index in [9.17, 15) is 5.11 Å². The fourth-order valence-electron chi connectivity index (χ4n) is 2.36. The van der Waals surface area contributed by atoms with Crippen LogP contribution >= 0.6 is 23.2 Å². The number of nitrogens with zero attached hydrogens (tertiary/aromatic N) is 1. The van der Waals surface area contributed by atoms with Crippen LogP contribution in [-0.4, -0.2) is 36.3 Å². The Morgan fingerprint density at radius 2 is 1.90 bits per heavy atom. The molecular weight excluding hydrogens is 297 g/mol. The van der Waals surface area contributed by atoms with Gasteiger partial charge < -0.3 is 9.84 Å². The summed E-state index contributed by atoms with van der Waals surface area (Å²) in [6, 6.07) is 3.77. The molecule has 0 radical (unpaired) electrons. The summed E-state index contributed by atoms with van der Waals surface area (Å²) >= 11 is 12.0. The predicted octanol–water partition coefficient (Wildman–Crippen LogP) is 4.34. The van der Waals surface area contributed by atoms with Crippen molar-refractivity contribution in [3.63, 3.8) is 0 Å². The zero-order valence-corrected chi connectivity index (χ0v) is 13.8. The van der Waals surface area contributed by atoms with Crippen molar-refractivity contribution in [3.8, 4) is 5.75 Å². The van der Waals surface area contributed by atoms with Crippen LogP contribution in [0.3, 0.4) is 0 Å². The highest BCUT2D eigenvalue weighted by atomic mass is 35.5. The van der Waals surface area contributed by atoms with Crippen LogP contribution in [0.15, 0.2) is 12.1 Å². The zero-order chi connectivity index (χ0) is 15.1. The summed E-state index contributed by atoms with van der Waals surface area (Å²) in [5.41, 5.74) is 0.755. The van der Waals surface area contributed by atoms with Crippen LogP contribution in [-0.2, 0) is 11.3 Å². The highest BCUT2D eigenvalue weighted by Crippen LogP contribution is 2.32. The molecule has 0 aliphatic rings. The molecule has 0 unspecified atom stereocenters. The Labute approximate surface area is 131 Å². The smallest absolute Gasteiger partial charge is 0.138 e. The Morgan fingerprint density at radius 3 is 2.45 bits per heavy atom. The van der Waals surface area contributed by atoms with Gasteiger partial charge in [0.05, 0.1) is 11.6 Å². The lowest BCUT2D eigenvalue weighted by molar-refractivity contribution is 0.109. The molecule has 0 bridgehead atoms. The number of hydrogen-bond acceptors (Lipinski definition) is 3. The zero-order valence-electron chi connectivity index (χ0n) is 12.3. The van der Waals surface area contributed by atoms with Gasteiger partial charge in [0, 0.05) is 36.8 Å². The number of phenolic OH excluding ortho intramolecular Hbond substituents is 1. The third-order valence-electron chi connectivity index (χ3n) is 3.52. The highest BCUT2D eigenvalue weighted by molar-refractivity contribution is 6.35. The molecule has 0 amide bonds. The second kappa shape index (κ2) is 8.73. The van der Waals surface area contributed by atoms with Crippen molar-refractivity contribution in [2.45, 2.75) is 39.3 Å². The topological polar surface area (TPSA) is 32.7 Å². The number of rotatable bonds is 8. The minimum absolute atomic E-state index is 0.115. The number of ether oxygens (including phenoxy) is 1. The van der Waals surface area contributed by atoms with E-state index in [2.05, 4.69) is 18.7 Å². The SMILES string of the molecule is CCC(CC)N(CCOC)Cc1cc(Cl)cc(Cl)c1O. The Morgan fingerprint density at radius 1 is 1.25 bits per heavy atom. The number of methoxy groups -OCH3 is 1. The number of phenols is 1. The van der Waals surface area contributed by atoms with Crippen molar-refractivity contribution in [1.29, 1.82) is 0 Å². The van der Waals surface area contributed by atoms with E-state index in [4.69, 9.17) is 27.9 Å². The fourth-order valence-corrected chi connectivity index (χ4v) is 2.90. The van der Waals surface area contributed by atoms with Crippen LogP contribution in [0.1, 0.15) is 32.3 Å². The van der Waals surface area contributed by atoms with Gasteiger partial charge in [-0.25, -0.2) is 0 Å². The van der Waals surface area contributed by atoms with E-state index in [1.807, 2.05) is 0 Å². The average molecular weight is 320 g/mol. The number of hydrogen-bond donors (Lipinski definition) is 1. The lowest BCUT2D eigenvalue weighted by Crippen LogP contribution is -2.36. The van der Waals surface area contributed by atoms with Crippen molar-refractivity contribution in [2.75, 3.05) is 20.3 Å². The summed E-state index contributed by atoms with van der Waals surface area (Å²) in [5.74, 6) is 0.115. The van der Waals surface area contributed by atoms with Gasteiger partial charge in [-0.05, 0) is 25.0 Å². The first-order valence-electron chi connectivity index (χ1n) is 6.93. The highest BCUT2D eigenvalue weighted by Gasteiger charge is 2.18. The van der Waals surface area contributed by atoms with E-state index in [0.717, 1.165) is 24.9 Å². The molecule has 3 nitrogen and oxygen atoms in total. The molecule has 0 aromatic heterocycles. The lowest BCUT2D eigenvalue weighted by Gasteiger charge is -2.30. The van der Waals surface area contributed by atoms with Crippen LogP contribution in [0.5, 0.6) is 5.75 Å². The van der Waals surface area contributed by atoms with E-state index >= 15 is 0 Å². The maximum atomic E-state index is 10.1. The fraction of sp³-hybridized carbons (Fsp3) is 0.600. The van der Waals surface area contributed by atoms with Crippen LogP contribution in [0.4, 0.5) is 0 Å². The molecular formula is C15H23Cl2NO2. The van der Waals surface area contributed by atoms with Crippen LogP contribution in [0, 0.1) is 0 Å². The molecule has 0 saturated heterocycles. The molecule has 1 aromatic rings. The monoisotopic (exact) mass is 319 g/mol. The Balaban J connectivity index is 2.93. The number of benzene rings is 1. The van der Waals surface area contributed by atoms with Crippen molar-refractivity contribution in [2.24, 2.45) is 0 Å². The Hall–Kier alpha value is -0.480. The molecule has 0 fully saturated rings. The standard InChI is InChI=1S/C15H23Cl2NO2/c1-4-13(5-2)18(6-7-20-3)10-11-8-12(16)9-14(17)15(11)19/h8-9,13,19H,4-7,10H2,1-3H3. The number of aromatic hydroxyl groups is 1. The van der Waals surface area contributed by atoms with Gasteiger partial charge >= 0.3 is 0 Å². The molecule has 0 heterocycles. The molecule has 114 valence electrons. The van der Waals surface area contributed by atoms with Crippen LogP contribution < -0.4 is 0 Å². The molecule has 0 atom stereocenters. The normalized spacial score (nSPS) is 11.6. The summed E-state index contributed by atoms with van der Waals surface area (Å²) in [7, 11) is 1.69. The molecule has 1 N–H and O–H groups in total. The summed E-state index contributed by atoms with van der Waals surface area (Å²) in [6.07, 6.45) is 2.10. The van der Waals surface area contributed by atoms with Crippen molar-refractivity contribution < 1.29 is 9.84 Å². The van der Waals surface area contributed by atoms with E-state index in [1.165, 1.54) is 0 Å². The average Bonchev–Trinajstić information content (AvgIpc) is 2.42. The van der Waals surface area contributed by atoms with Gasteiger partial charge in [0.2, 0.25) is 0 Å². The lowest BCUT2D eigenvalue weighted by atomic mass is 10.1. The van der Waals surface area contributed by atoms with E-state index in [0.29, 0.717) is 29.2 Å². The Kier molecular flexibility index (Phi) is 7.67. The predicted molar refractivity (Wildman–Crippen MR) is 84.8 cm³/mol. The first-order chi connectivity index (χ1) is 9.53. The summed E-state index contributed by atoms with van der Waals surface area (Å²) in [4.78, 5) is 2.30. The van der Waals surface area contributed by atoms with Gasteiger partial charge in [-0.3, -0.25) is 4.90 Å². The first-order valence-corrected chi connectivity index (χ1v) is 7.68. The van der Waals surface area contributed by atoms with Gasteiger partial charge in [0.15, 0.2) is 0 Å². The van der Waals surface area contributed by atoms with Gasteiger partial charge in [-0.2, -0.15) is 0 Å². The molecule has 0 aliphatic heterocycles. The maximum Gasteiger partial charge on any atom is 0.138 e. The molecule has 0 saturated carbocycles. The van der Waals surface area contributed by atoms with E-state index in [1.54, 1.807) is 19.2 Å². The third kappa shape index (κ3) is 4.81. The second-order valence-electron chi connectivity index (χ2n) is 4.83. The maximum absolute atomic E-state index is 10.1. The second-order valence-corrected chi connectivity index (χ2v) is 5.67. The van der Waals surface area contributed by atoms with Gasteiger partial charge in [-0.1, -0.05) is 37.0 Å². The molecule has 20 heavy (non-hydrogen) atoms. The van der Waals surface area contributed by atoms with Crippen LogP contribution in [0.25, 0.3) is 0 Å². The third-order valence-corrected chi connectivity index (χ3v) is 4.03. The quantitative estimate of drug-likeness (QED) is 0.773. The molecule has 5 heteroatoms. The minimum atomic E-state index is 0.115. The number of halogens is 2. The largest absolute Gasteiger partial charge is 0.506 e. The van der Waals surface area contributed by atoms with Gasteiger partial charge in [-0.15, -0.1) is 0 Å². The molecule has 1 rings (SSSR count).